The Morgan fingerprint density at radius 1 is 1.45 bits per heavy atom. The van der Waals surface area contributed by atoms with Gasteiger partial charge in [-0.05, 0) is 37.8 Å². The van der Waals surface area contributed by atoms with Crippen LogP contribution in [0.2, 0.25) is 0 Å². The van der Waals surface area contributed by atoms with E-state index < -0.39 is 11.5 Å². The zero-order chi connectivity index (χ0) is 15.9. The zero-order valence-electron chi connectivity index (χ0n) is 12.9. The molecule has 0 bridgehead atoms. The van der Waals surface area contributed by atoms with Crippen LogP contribution >= 0.6 is 0 Å². The van der Waals surface area contributed by atoms with Crippen LogP contribution in [0.15, 0.2) is 18.2 Å². The van der Waals surface area contributed by atoms with E-state index in [0.717, 1.165) is 35.9 Å². The molecule has 1 aliphatic carbocycles. The summed E-state index contributed by atoms with van der Waals surface area (Å²) in [5.74, 6) is -0.106. The summed E-state index contributed by atoms with van der Waals surface area (Å²) in [5.41, 5.74) is 2.59. The van der Waals surface area contributed by atoms with Gasteiger partial charge < -0.3 is 15.0 Å². The van der Waals surface area contributed by atoms with E-state index in [1.54, 1.807) is 11.9 Å². The van der Waals surface area contributed by atoms with E-state index in [9.17, 15) is 14.4 Å². The lowest BCUT2D eigenvalue weighted by Gasteiger charge is -2.24. The molecule has 3 rings (SSSR count). The highest BCUT2D eigenvalue weighted by molar-refractivity contribution is 6.12. The number of carbonyl (C=O) groups excluding carboxylic acids is 3. The number of nitrogens with zero attached hydrogens (tertiary/aromatic N) is 1. The molecule has 116 valence electrons. The number of aryl methyl sites for hydroxylation is 1. The van der Waals surface area contributed by atoms with Crippen LogP contribution in [0.4, 0.5) is 5.69 Å². The van der Waals surface area contributed by atoms with Crippen LogP contribution in [0.3, 0.4) is 0 Å². The Morgan fingerprint density at radius 3 is 2.77 bits per heavy atom. The first-order valence-electron chi connectivity index (χ1n) is 7.64. The normalized spacial score (nSPS) is 19.0. The third-order valence-corrected chi connectivity index (χ3v) is 4.74. The summed E-state index contributed by atoms with van der Waals surface area (Å²) < 4.78 is 0. The number of hydrogen-bond acceptors (Lipinski definition) is 3. The number of fused-ring (bicyclic) bond motifs is 2. The average Bonchev–Trinajstić information content (AvgIpc) is 3.28. The van der Waals surface area contributed by atoms with Crippen molar-refractivity contribution in [3.05, 3.63) is 29.3 Å². The number of rotatable bonds is 5. The maximum atomic E-state index is 12.8. The third-order valence-electron chi connectivity index (χ3n) is 4.74. The van der Waals surface area contributed by atoms with Gasteiger partial charge in [-0.15, -0.1) is 0 Å². The van der Waals surface area contributed by atoms with Gasteiger partial charge in [0.1, 0.15) is 6.29 Å². The summed E-state index contributed by atoms with van der Waals surface area (Å²) in [6, 6.07) is 5.36. The van der Waals surface area contributed by atoms with E-state index in [-0.39, 0.29) is 18.2 Å². The van der Waals surface area contributed by atoms with Crippen LogP contribution in [-0.4, -0.2) is 31.2 Å². The van der Waals surface area contributed by atoms with Crippen LogP contribution in [-0.2, 0) is 19.8 Å². The van der Waals surface area contributed by atoms with Crippen molar-refractivity contribution in [2.75, 3.05) is 11.9 Å². The predicted molar refractivity (Wildman–Crippen MR) is 82.7 cm³/mol. The molecule has 1 atom stereocenters. The second-order valence-electron chi connectivity index (χ2n) is 6.19. The van der Waals surface area contributed by atoms with Gasteiger partial charge in [-0.2, -0.15) is 0 Å². The Hall–Kier alpha value is -2.17. The molecule has 5 nitrogen and oxygen atoms in total. The fourth-order valence-corrected chi connectivity index (χ4v) is 3.30. The fraction of sp³-hybridized carbons (Fsp3) is 0.471. The minimum absolute atomic E-state index is 0.0158. The standard InChI is InChI=1S/C17H20N2O3/c1-11-3-5-14-13(9-11)17(7-8-17)16(22)19(14)12(10-20)4-6-15(21)18-2/h3,5,9-10,12H,4,6-8H2,1-2H3,(H,18,21). The molecule has 1 unspecified atom stereocenters. The fourth-order valence-electron chi connectivity index (χ4n) is 3.30. The van der Waals surface area contributed by atoms with Crippen molar-refractivity contribution < 1.29 is 14.4 Å². The minimum atomic E-state index is -0.578. The first kappa shape index (κ1) is 14.8. The number of anilines is 1. The van der Waals surface area contributed by atoms with Crippen LogP contribution in [0.5, 0.6) is 0 Å². The van der Waals surface area contributed by atoms with Crippen LogP contribution in [0, 0.1) is 6.92 Å². The minimum Gasteiger partial charge on any atom is -0.359 e. The van der Waals surface area contributed by atoms with Gasteiger partial charge in [-0.25, -0.2) is 0 Å². The SMILES string of the molecule is CNC(=O)CCC(C=O)N1C(=O)C2(CC2)c2cc(C)ccc21. The molecule has 1 fully saturated rings. The summed E-state index contributed by atoms with van der Waals surface area (Å²) in [7, 11) is 1.57. The molecule has 0 aromatic heterocycles. The Labute approximate surface area is 129 Å². The summed E-state index contributed by atoms with van der Waals surface area (Å²) in [4.78, 5) is 37.4. The molecule has 1 aliphatic heterocycles. The molecule has 1 heterocycles. The lowest BCUT2D eigenvalue weighted by Crippen LogP contribution is -2.42. The third kappa shape index (κ3) is 2.12. The molecule has 2 aliphatic rings. The Bertz CT molecular complexity index is 649. The Morgan fingerprint density at radius 2 is 2.18 bits per heavy atom. The summed E-state index contributed by atoms with van der Waals surface area (Å²) in [5, 5.41) is 2.54. The monoisotopic (exact) mass is 300 g/mol. The van der Waals surface area contributed by atoms with E-state index in [0.29, 0.717) is 6.42 Å². The number of nitrogens with one attached hydrogen (secondary N) is 1. The largest absolute Gasteiger partial charge is 0.359 e. The van der Waals surface area contributed by atoms with Gasteiger partial charge >= 0.3 is 0 Å². The molecule has 1 aromatic rings. The van der Waals surface area contributed by atoms with E-state index in [1.165, 1.54) is 0 Å². The summed E-state index contributed by atoms with van der Waals surface area (Å²) in [6.07, 6.45) is 3.06. The van der Waals surface area contributed by atoms with Gasteiger partial charge in [0.25, 0.3) is 0 Å². The molecule has 1 saturated carbocycles. The molecular weight excluding hydrogens is 280 g/mol. The number of amides is 2. The predicted octanol–water partition coefficient (Wildman–Crippen LogP) is 1.47. The van der Waals surface area contributed by atoms with E-state index in [2.05, 4.69) is 11.4 Å². The first-order valence-corrected chi connectivity index (χ1v) is 7.64. The van der Waals surface area contributed by atoms with Crippen molar-refractivity contribution in [3.63, 3.8) is 0 Å². The molecule has 1 spiro atoms. The molecule has 5 heteroatoms. The van der Waals surface area contributed by atoms with Crippen LogP contribution in [0.25, 0.3) is 0 Å². The quantitative estimate of drug-likeness (QED) is 0.837. The van der Waals surface area contributed by atoms with Crippen LogP contribution in [0.1, 0.15) is 36.8 Å². The molecule has 22 heavy (non-hydrogen) atoms. The maximum Gasteiger partial charge on any atom is 0.238 e. The lowest BCUT2D eigenvalue weighted by atomic mass is 9.96. The molecule has 2 amide bonds. The van der Waals surface area contributed by atoms with Gasteiger partial charge in [-0.3, -0.25) is 9.59 Å². The highest BCUT2D eigenvalue weighted by Gasteiger charge is 2.60. The van der Waals surface area contributed by atoms with Crippen molar-refractivity contribution in [1.29, 1.82) is 0 Å². The van der Waals surface area contributed by atoms with Crippen molar-refractivity contribution in [1.82, 2.24) is 5.32 Å². The highest BCUT2D eigenvalue weighted by Crippen LogP contribution is 2.58. The Kier molecular flexibility index (Phi) is 3.51. The number of benzene rings is 1. The average molecular weight is 300 g/mol. The van der Waals surface area contributed by atoms with Crippen molar-refractivity contribution in [3.8, 4) is 0 Å². The van der Waals surface area contributed by atoms with Crippen molar-refractivity contribution >= 4 is 23.8 Å². The Balaban J connectivity index is 1.92. The smallest absolute Gasteiger partial charge is 0.238 e. The summed E-state index contributed by atoms with van der Waals surface area (Å²) >= 11 is 0. The molecule has 1 aromatic carbocycles. The second kappa shape index (κ2) is 5.23. The molecule has 0 saturated heterocycles. The highest BCUT2D eigenvalue weighted by atomic mass is 16.2. The van der Waals surface area contributed by atoms with E-state index in [1.807, 2.05) is 19.1 Å². The first-order chi connectivity index (χ1) is 10.5. The lowest BCUT2D eigenvalue weighted by molar-refractivity contribution is -0.123. The van der Waals surface area contributed by atoms with Crippen molar-refractivity contribution in [2.45, 2.75) is 44.1 Å². The summed E-state index contributed by atoms with van der Waals surface area (Å²) in [6.45, 7) is 2.01. The molecule has 0 radical (unpaired) electrons. The van der Waals surface area contributed by atoms with Gasteiger partial charge in [0.15, 0.2) is 0 Å². The van der Waals surface area contributed by atoms with E-state index in [4.69, 9.17) is 0 Å². The van der Waals surface area contributed by atoms with Crippen LogP contribution < -0.4 is 10.2 Å². The van der Waals surface area contributed by atoms with Gasteiger partial charge in [-0.1, -0.05) is 17.7 Å². The van der Waals surface area contributed by atoms with Gasteiger partial charge in [0.2, 0.25) is 11.8 Å². The zero-order valence-corrected chi connectivity index (χ0v) is 12.9. The number of carbonyl (C=O) groups is 3. The van der Waals surface area contributed by atoms with Gasteiger partial charge in [0, 0.05) is 19.2 Å². The maximum absolute atomic E-state index is 12.8. The topological polar surface area (TPSA) is 66.5 Å². The van der Waals surface area contributed by atoms with Gasteiger partial charge in [0.05, 0.1) is 11.5 Å². The molecule has 1 N–H and O–H groups in total. The number of hydrogen-bond donors (Lipinski definition) is 1. The molecular formula is C17H20N2O3. The number of aldehydes is 1. The second-order valence-corrected chi connectivity index (χ2v) is 6.19. The van der Waals surface area contributed by atoms with E-state index >= 15 is 0 Å². The van der Waals surface area contributed by atoms with Crippen molar-refractivity contribution in [2.24, 2.45) is 0 Å².